The average molecular weight is 562 g/mol. The lowest BCUT2D eigenvalue weighted by atomic mass is 9.70. The zero-order valence-corrected chi connectivity index (χ0v) is 24.1. The summed E-state index contributed by atoms with van der Waals surface area (Å²) in [5.74, 6) is -2.69. The number of aliphatic hydroxyl groups is 1. The maximum atomic E-state index is 14.1. The van der Waals surface area contributed by atoms with Gasteiger partial charge in [0, 0.05) is 32.7 Å². The molecule has 0 aliphatic carbocycles. The third kappa shape index (κ3) is 6.77. The van der Waals surface area contributed by atoms with Gasteiger partial charge in [0.25, 0.3) is 0 Å². The molecule has 3 heterocycles. The van der Waals surface area contributed by atoms with Crippen LogP contribution in [0.1, 0.15) is 71.6 Å². The molecule has 0 aromatic heterocycles. The van der Waals surface area contributed by atoms with E-state index in [-0.39, 0.29) is 30.9 Å². The number of rotatable bonds is 18. The molecule has 0 saturated carbocycles. The Hall–Kier alpha value is -2.72. The zero-order valence-electron chi connectivity index (χ0n) is 24.1. The standard InChI is InChI=1S/C30H47N3O7/c1-5-8-13-23(35)31-20-21(4)39-29(38)24-22-14-15-30(40-22)25(24)27(36)33(18-11-10-12-19-34)26(30)28(37)32(16-7-3)17-9-6-2/h5,7,21-22,24-26,34H,1,3,6,8-20H2,2,4H3,(H,31,35)/t21-,22+,24-,25-,26+,30-/m0/s1. The highest BCUT2D eigenvalue weighted by molar-refractivity contribution is 5.98. The first-order chi connectivity index (χ1) is 19.2. The van der Waals surface area contributed by atoms with Crippen LogP contribution >= 0.6 is 0 Å². The van der Waals surface area contributed by atoms with Crippen molar-refractivity contribution < 1.29 is 33.8 Å². The molecule has 0 aromatic carbocycles. The Morgan fingerprint density at radius 2 is 2.02 bits per heavy atom. The maximum Gasteiger partial charge on any atom is 0.312 e. The number of carbonyl (C=O) groups is 4. The number of hydrogen-bond donors (Lipinski definition) is 2. The summed E-state index contributed by atoms with van der Waals surface area (Å²) < 4.78 is 12.2. The minimum absolute atomic E-state index is 0.0681. The fourth-order valence-electron chi connectivity index (χ4n) is 6.38. The molecule has 3 fully saturated rings. The number of aliphatic hydroxyl groups excluding tert-OH is 1. The molecule has 10 heteroatoms. The number of fused-ring (bicyclic) bond motifs is 1. The van der Waals surface area contributed by atoms with Gasteiger partial charge >= 0.3 is 5.97 Å². The molecule has 1 spiro atoms. The number of nitrogens with one attached hydrogen (secondary N) is 1. The van der Waals surface area contributed by atoms with Gasteiger partial charge < -0.3 is 29.7 Å². The molecule has 0 unspecified atom stereocenters. The van der Waals surface area contributed by atoms with E-state index in [1.807, 2.05) is 0 Å². The molecule has 0 aromatic rings. The lowest BCUT2D eigenvalue weighted by molar-refractivity contribution is -0.159. The first-order valence-corrected chi connectivity index (χ1v) is 14.8. The Labute approximate surface area is 238 Å². The number of esters is 1. The van der Waals surface area contributed by atoms with Gasteiger partial charge in [0.15, 0.2) is 0 Å². The molecular formula is C30H47N3O7. The van der Waals surface area contributed by atoms with Crippen molar-refractivity contribution in [3.63, 3.8) is 0 Å². The number of unbranched alkanes of at least 4 members (excludes halogenated alkanes) is 3. The van der Waals surface area contributed by atoms with Crippen molar-refractivity contribution in [2.24, 2.45) is 11.8 Å². The first-order valence-electron chi connectivity index (χ1n) is 14.8. The van der Waals surface area contributed by atoms with Crippen LogP contribution in [-0.4, -0.2) is 95.2 Å². The number of hydrogen-bond acceptors (Lipinski definition) is 7. The molecule has 3 aliphatic heterocycles. The maximum absolute atomic E-state index is 14.1. The summed E-state index contributed by atoms with van der Waals surface area (Å²) >= 11 is 0. The number of likely N-dealkylation sites (tertiary alicyclic amines) is 1. The van der Waals surface area contributed by atoms with Crippen LogP contribution in [0.3, 0.4) is 0 Å². The lowest BCUT2D eigenvalue weighted by Crippen LogP contribution is -2.56. The molecule has 6 atom stereocenters. The van der Waals surface area contributed by atoms with E-state index in [0.717, 1.165) is 19.3 Å². The third-order valence-electron chi connectivity index (χ3n) is 8.29. The van der Waals surface area contributed by atoms with Gasteiger partial charge in [-0.05, 0) is 51.9 Å². The largest absolute Gasteiger partial charge is 0.460 e. The number of carbonyl (C=O) groups excluding carboxylic acids is 4. The Kier molecular flexibility index (Phi) is 11.7. The predicted octanol–water partition coefficient (Wildman–Crippen LogP) is 2.35. The normalized spacial score (nSPS) is 27.3. The summed E-state index contributed by atoms with van der Waals surface area (Å²) in [6.45, 7) is 12.7. The highest BCUT2D eigenvalue weighted by Gasteiger charge is 2.75. The summed E-state index contributed by atoms with van der Waals surface area (Å²) in [5.41, 5.74) is -1.08. The van der Waals surface area contributed by atoms with Crippen molar-refractivity contribution in [3.05, 3.63) is 25.3 Å². The van der Waals surface area contributed by atoms with Crippen molar-refractivity contribution in [2.75, 3.05) is 32.8 Å². The molecule has 224 valence electrons. The Morgan fingerprint density at radius 3 is 2.70 bits per heavy atom. The summed E-state index contributed by atoms with van der Waals surface area (Å²) in [5, 5.41) is 12.0. The first kappa shape index (κ1) is 31.8. The third-order valence-corrected chi connectivity index (χ3v) is 8.29. The van der Waals surface area contributed by atoms with Gasteiger partial charge in [0.05, 0.1) is 24.5 Å². The second-order valence-corrected chi connectivity index (χ2v) is 11.2. The van der Waals surface area contributed by atoms with E-state index in [1.165, 1.54) is 0 Å². The van der Waals surface area contributed by atoms with E-state index in [4.69, 9.17) is 9.47 Å². The quantitative estimate of drug-likeness (QED) is 0.150. The summed E-state index contributed by atoms with van der Waals surface area (Å²) in [4.78, 5) is 56.9. The Balaban J connectivity index is 1.81. The number of amides is 3. The van der Waals surface area contributed by atoms with Crippen LogP contribution in [-0.2, 0) is 28.7 Å². The van der Waals surface area contributed by atoms with E-state index >= 15 is 0 Å². The van der Waals surface area contributed by atoms with E-state index < -0.39 is 41.7 Å². The van der Waals surface area contributed by atoms with Gasteiger partial charge in [-0.2, -0.15) is 0 Å². The van der Waals surface area contributed by atoms with Crippen LogP contribution in [0.5, 0.6) is 0 Å². The summed E-state index contributed by atoms with van der Waals surface area (Å²) in [6.07, 6.45) is 7.95. The monoisotopic (exact) mass is 561 g/mol. The Morgan fingerprint density at radius 1 is 1.25 bits per heavy atom. The van der Waals surface area contributed by atoms with Gasteiger partial charge in [-0.3, -0.25) is 19.2 Å². The molecule has 10 nitrogen and oxygen atoms in total. The van der Waals surface area contributed by atoms with Crippen LogP contribution in [0.4, 0.5) is 0 Å². The fourth-order valence-corrected chi connectivity index (χ4v) is 6.38. The molecule has 40 heavy (non-hydrogen) atoms. The number of nitrogens with zero attached hydrogens (tertiary/aromatic N) is 2. The molecular weight excluding hydrogens is 514 g/mol. The number of ether oxygens (including phenoxy) is 2. The average Bonchev–Trinajstić information content (AvgIpc) is 3.58. The predicted molar refractivity (Wildman–Crippen MR) is 150 cm³/mol. The molecule has 3 saturated heterocycles. The lowest BCUT2D eigenvalue weighted by Gasteiger charge is -2.36. The van der Waals surface area contributed by atoms with Gasteiger partial charge in [-0.25, -0.2) is 0 Å². The topological polar surface area (TPSA) is 125 Å². The molecule has 3 rings (SSSR count). The van der Waals surface area contributed by atoms with Crippen LogP contribution in [0.2, 0.25) is 0 Å². The molecule has 2 bridgehead atoms. The van der Waals surface area contributed by atoms with E-state index in [9.17, 15) is 24.3 Å². The van der Waals surface area contributed by atoms with Gasteiger partial charge in [-0.1, -0.05) is 25.5 Å². The van der Waals surface area contributed by atoms with Gasteiger partial charge in [0.1, 0.15) is 17.7 Å². The smallest absolute Gasteiger partial charge is 0.312 e. The highest BCUT2D eigenvalue weighted by Crippen LogP contribution is 2.58. The minimum atomic E-state index is -1.08. The Bertz CT molecular complexity index is 940. The molecule has 3 aliphatic rings. The van der Waals surface area contributed by atoms with Crippen LogP contribution < -0.4 is 5.32 Å². The van der Waals surface area contributed by atoms with Crippen LogP contribution in [0.15, 0.2) is 25.3 Å². The molecule has 0 radical (unpaired) electrons. The summed E-state index contributed by atoms with van der Waals surface area (Å²) in [6, 6.07) is -0.819. The summed E-state index contributed by atoms with van der Waals surface area (Å²) in [7, 11) is 0. The minimum Gasteiger partial charge on any atom is -0.460 e. The van der Waals surface area contributed by atoms with Crippen molar-refractivity contribution in [1.29, 1.82) is 0 Å². The van der Waals surface area contributed by atoms with Crippen molar-refractivity contribution in [3.8, 4) is 0 Å². The van der Waals surface area contributed by atoms with E-state index in [0.29, 0.717) is 58.2 Å². The van der Waals surface area contributed by atoms with Crippen LogP contribution in [0, 0.1) is 11.8 Å². The van der Waals surface area contributed by atoms with E-state index in [2.05, 4.69) is 25.4 Å². The fraction of sp³-hybridized carbons (Fsp3) is 0.733. The highest BCUT2D eigenvalue weighted by atomic mass is 16.6. The van der Waals surface area contributed by atoms with Crippen molar-refractivity contribution in [2.45, 2.75) is 95.5 Å². The SMILES string of the molecule is C=CCCC(=O)NC[C@H](C)OC(=O)[C@@H]1[C@H]2C(=O)N(CCCCCO)[C@H](C(=O)N(CC=C)CCCC)[C@]23CC[C@H]1O3. The molecule has 3 amide bonds. The molecule has 2 N–H and O–H groups in total. The van der Waals surface area contributed by atoms with Crippen molar-refractivity contribution >= 4 is 23.7 Å². The zero-order chi connectivity index (χ0) is 29.3. The van der Waals surface area contributed by atoms with Crippen LogP contribution in [0.25, 0.3) is 0 Å². The number of allylic oxidation sites excluding steroid dienone is 1. The second kappa shape index (κ2) is 14.8. The van der Waals surface area contributed by atoms with E-state index in [1.54, 1.807) is 28.9 Å². The van der Waals surface area contributed by atoms with Crippen molar-refractivity contribution in [1.82, 2.24) is 15.1 Å². The van der Waals surface area contributed by atoms with Gasteiger partial charge in [0.2, 0.25) is 17.7 Å². The van der Waals surface area contributed by atoms with Gasteiger partial charge in [-0.15, -0.1) is 13.2 Å². The second-order valence-electron chi connectivity index (χ2n) is 11.2.